The van der Waals surface area contributed by atoms with Crippen LogP contribution < -0.4 is 10.1 Å². The second kappa shape index (κ2) is 8.49. The van der Waals surface area contributed by atoms with Gasteiger partial charge in [-0.2, -0.15) is 5.26 Å². The Balaban J connectivity index is 2.54. The summed E-state index contributed by atoms with van der Waals surface area (Å²) >= 11 is 1.46. The van der Waals surface area contributed by atoms with E-state index >= 15 is 0 Å². The molecule has 0 fully saturated rings. The molecule has 1 aromatic rings. The molecule has 0 aliphatic heterocycles. The minimum atomic E-state index is -0.397. The van der Waals surface area contributed by atoms with Crippen LogP contribution in [0.2, 0.25) is 0 Å². The van der Waals surface area contributed by atoms with Crippen LogP contribution in [0, 0.1) is 11.3 Å². The fourth-order valence-electron chi connectivity index (χ4n) is 1.66. The molecule has 20 heavy (non-hydrogen) atoms. The SMILES string of the molecule is CCC[C@H](C#N)NC(=O)[C@H](C)Sc1ccc(OC)cc1. The molecule has 0 aliphatic carbocycles. The third-order valence-electron chi connectivity index (χ3n) is 2.79. The van der Waals surface area contributed by atoms with Gasteiger partial charge in [0, 0.05) is 4.90 Å². The lowest BCUT2D eigenvalue weighted by Crippen LogP contribution is -2.38. The van der Waals surface area contributed by atoms with Gasteiger partial charge in [-0.1, -0.05) is 13.3 Å². The Kier molecular flexibility index (Phi) is 6.96. The van der Waals surface area contributed by atoms with E-state index in [4.69, 9.17) is 10.00 Å². The molecule has 0 saturated carbocycles. The number of thioether (sulfide) groups is 1. The van der Waals surface area contributed by atoms with Gasteiger partial charge in [0.05, 0.1) is 18.4 Å². The molecule has 1 rings (SSSR count). The van der Waals surface area contributed by atoms with Crippen LogP contribution in [-0.4, -0.2) is 24.3 Å². The Hall–Kier alpha value is -1.67. The molecule has 0 radical (unpaired) electrons. The van der Waals surface area contributed by atoms with E-state index in [1.54, 1.807) is 7.11 Å². The number of benzene rings is 1. The third kappa shape index (κ3) is 5.14. The van der Waals surface area contributed by atoms with Gasteiger partial charge >= 0.3 is 0 Å². The Morgan fingerprint density at radius 2 is 2.10 bits per heavy atom. The van der Waals surface area contributed by atoms with Gasteiger partial charge in [-0.05, 0) is 37.6 Å². The number of amides is 1. The lowest BCUT2D eigenvalue weighted by Gasteiger charge is -2.15. The van der Waals surface area contributed by atoms with E-state index in [-0.39, 0.29) is 11.2 Å². The lowest BCUT2D eigenvalue weighted by molar-refractivity contribution is -0.120. The van der Waals surface area contributed by atoms with E-state index in [1.165, 1.54) is 11.8 Å². The average molecular weight is 292 g/mol. The van der Waals surface area contributed by atoms with E-state index in [2.05, 4.69) is 11.4 Å². The molecule has 108 valence electrons. The molecule has 2 atom stereocenters. The second-order valence-electron chi connectivity index (χ2n) is 4.41. The highest BCUT2D eigenvalue weighted by Crippen LogP contribution is 2.25. The summed E-state index contributed by atoms with van der Waals surface area (Å²) in [6, 6.07) is 9.28. The molecule has 0 saturated heterocycles. The first kappa shape index (κ1) is 16.4. The van der Waals surface area contributed by atoms with Crippen LogP contribution in [0.25, 0.3) is 0 Å². The van der Waals surface area contributed by atoms with E-state index in [0.29, 0.717) is 6.42 Å². The Bertz CT molecular complexity index is 468. The first-order valence-corrected chi connectivity index (χ1v) is 7.49. The average Bonchev–Trinajstić information content (AvgIpc) is 2.47. The normalized spacial score (nSPS) is 13.1. The van der Waals surface area contributed by atoms with Crippen molar-refractivity contribution in [3.05, 3.63) is 24.3 Å². The second-order valence-corrected chi connectivity index (χ2v) is 5.83. The number of nitriles is 1. The van der Waals surface area contributed by atoms with Crippen molar-refractivity contribution >= 4 is 17.7 Å². The Labute approximate surface area is 124 Å². The molecule has 0 aromatic heterocycles. The van der Waals surface area contributed by atoms with Crippen LogP contribution >= 0.6 is 11.8 Å². The van der Waals surface area contributed by atoms with Crippen LogP contribution in [-0.2, 0) is 4.79 Å². The highest BCUT2D eigenvalue weighted by Gasteiger charge is 2.17. The Morgan fingerprint density at radius 1 is 1.45 bits per heavy atom. The van der Waals surface area contributed by atoms with Gasteiger partial charge < -0.3 is 10.1 Å². The van der Waals surface area contributed by atoms with Crippen LogP contribution in [0.4, 0.5) is 0 Å². The summed E-state index contributed by atoms with van der Waals surface area (Å²) in [6.07, 6.45) is 1.56. The zero-order valence-electron chi connectivity index (χ0n) is 12.1. The van der Waals surface area contributed by atoms with E-state index in [0.717, 1.165) is 17.1 Å². The summed E-state index contributed by atoms with van der Waals surface area (Å²) in [5, 5.41) is 11.5. The lowest BCUT2D eigenvalue weighted by atomic mass is 10.2. The number of ether oxygens (including phenoxy) is 1. The van der Waals surface area contributed by atoms with Crippen LogP contribution in [0.1, 0.15) is 26.7 Å². The first-order valence-electron chi connectivity index (χ1n) is 6.61. The molecule has 0 bridgehead atoms. The molecule has 5 heteroatoms. The summed E-state index contributed by atoms with van der Waals surface area (Å²) < 4.78 is 5.09. The van der Waals surface area contributed by atoms with E-state index in [9.17, 15) is 4.79 Å². The maximum Gasteiger partial charge on any atom is 0.234 e. The minimum absolute atomic E-state index is 0.106. The first-order chi connectivity index (χ1) is 9.60. The van der Waals surface area contributed by atoms with Gasteiger partial charge in [0.15, 0.2) is 0 Å². The van der Waals surface area contributed by atoms with Crippen molar-refractivity contribution in [1.82, 2.24) is 5.32 Å². The molecule has 1 N–H and O–H groups in total. The van der Waals surface area contributed by atoms with Crippen molar-refractivity contribution in [2.45, 2.75) is 42.9 Å². The standard InChI is InChI=1S/C15H20N2O2S/c1-4-5-12(10-16)17-15(18)11(2)20-14-8-6-13(19-3)7-9-14/h6-9,11-12H,4-5H2,1-3H3,(H,17,18)/t11-,12+/m0/s1. The third-order valence-corrected chi connectivity index (χ3v) is 3.90. The van der Waals surface area contributed by atoms with Crippen molar-refractivity contribution < 1.29 is 9.53 Å². The molecule has 4 nitrogen and oxygen atoms in total. The van der Waals surface area contributed by atoms with E-state index in [1.807, 2.05) is 38.1 Å². The van der Waals surface area contributed by atoms with Crippen LogP contribution in [0.3, 0.4) is 0 Å². The summed E-state index contributed by atoms with van der Waals surface area (Å²) in [4.78, 5) is 13.0. The maximum absolute atomic E-state index is 12.0. The van der Waals surface area contributed by atoms with Crippen molar-refractivity contribution in [3.63, 3.8) is 0 Å². The highest BCUT2D eigenvalue weighted by molar-refractivity contribution is 8.00. The molecule has 1 aromatic carbocycles. The fraction of sp³-hybridized carbons (Fsp3) is 0.467. The Morgan fingerprint density at radius 3 is 2.60 bits per heavy atom. The smallest absolute Gasteiger partial charge is 0.234 e. The number of nitrogens with one attached hydrogen (secondary N) is 1. The summed E-state index contributed by atoms with van der Waals surface area (Å²) in [5.41, 5.74) is 0. The van der Waals surface area contributed by atoms with Crippen LogP contribution in [0.15, 0.2) is 29.2 Å². The molecule has 0 heterocycles. The van der Waals surface area contributed by atoms with Gasteiger partial charge in [0.25, 0.3) is 0 Å². The highest BCUT2D eigenvalue weighted by atomic mass is 32.2. The summed E-state index contributed by atoms with van der Waals surface area (Å²) in [7, 11) is 1.62. The topological polar surface area (TPSA) is 62.1 Å². The van der Waals surface area contributed by atoms with Crippen LogP contribution in [0.5, 0.6) is 5.75 Å². The van der Waals surface area contributed by atoms with E-state index < -0.39 is 6.04 Å². The predicted molar refractivity (Wildman–Crippen MR) is 80.8 cm³/mol. The molecule has 0 aliphatic rings. The number of carbonyl (C=O) groups is 1. The number of methoxy groups -OCH3 is 1. The number of carbonyl (C=O) groups excluding carboxylic acids is 1. The quantitative estimate of drug-likeness (QED) is 0.785. The van der Waals surface area contributed by atoms with Gasteiger partial charge in [-0.25, -0.2) is 0 Å². The number of hydrogen-bond acceptors (Lipinski definition) is 4. The van der Waals surface area contributed by atoms with Crippen molar-refractivity contribution in [2.75, 3.05) is 7.11 Å². The van der Waals surface area contributed by atoms with Crippen molar-refractivity contribution in [2.24, 2.45) is 0 Å². The van der Waals surface area contributed by atoms with Gasteiger partial charge in [0.2, 0.25) is 5.91 Å². The molecule has 1 amide bonds. The largest absolute Gasteiger partial charge is 0.497 e. The number of hydrogen-bond donors (Lipinski definition) is 1. The van der Waals surface area contributed by atoms with Gasteiger partial charge in [-0.3, -0.25) is 4.79 Å². The van der Waals surface area contributed by atoms with Crippen molar-refractivity contribution in [3.8, 4) is 11.8 Å². The van der Waals surface area contributed by atoms with Gasteiger partial charge in [-0.15, -0.1) is 11.8 Å². The number of rotatable bonds is 7. The molecule has 0 unspecified atom stereocenters. The summed E-state index contributed by atoms with van der Waals surface area (Å²) in [6.45, 7) is 3.83. The minimum Gasteiger partial charge on any atom is -0.497 e. The monoisotopic (exact) mass is 292 g/mol. The molecule has 0 spiro atoms. The zero-order chi connectivity index (χ0) is 15.0. The molecular weight excluding hydrogens is 272 g/mol. The fourth-order valence-corrected chi connectivity index (χ4v) is 2.54. The molecular formula is C15H20N2O2S. The predicted octanol–water partition coefficient (Wildman–Crippen LogP) is 2.98. The number of nitrogens with zero attached hydrogens (tertiary/aromatic N) is 1. The zero-order valence-corrected chi connectivity index (χ0v) is 12.9. The maximum atomic E-state index is 12.0. The van der Waals surface area contributed by atoms with Crippen molar-refractivity contribution in [1.29, 1.82) is 5.26 Å². The van der Waals surface area contributed by atoms with Gasteiger partial charge in [0.1, 0.15) is 11.8 Å². The summed E-state index contributed by atoms with van der Waals surface area (Å²) in [5.74, 6) is 0.685.